The van der Waals surface area contributed by atoms with Gasteiger partial charge >= 0.3 is 5.97 Å². The summed E-state index contributed by atoms with van der Waals surface area (Å²) < 4.78 is 0.870. The molecule has 0 heterocycles. The van der Waals surface area contributed by atoms with E-state index in [1.165, 1.54) is 25.8 Å². The Morgan fingerprint density at radius 3 is 2.12 bits per heavy atom. The molecule has 0 radical (unpaired) electrons. The summed E-state index contributed by atoms with van der Waals surface area (Å²) in [5.74, 6) is -1.35. The zero-order valence-electron chi connectivity index (χ0n) is 9.90. The summed E-state index contributed by atoms with van der Waals surface area (Å²) in [5.41, 5.74) is -0.769. The van der Waals surface area contributed by atoms with E-state index < -0.39 is 11.5 Å². The van der Waals surface area contributed by atoms with Gasteiger partial charge in [0.1, 0.15) is 5.54 Å². The number of halogens is 1. The number of hydrogen-bond acceptors (Lipinski definition) is 2. The van der Waals surface area contributed by atoms with E-state index in [2.05, 4.69) is 15.9 Å². The van der Waals surface area contributed by atoms with Gasteiger partial charge in [0.05, 0.1) is 0 Å². The molecular weight excluding hydrogens is 286 g/mol. The summed E-state index contributed by atoms with van der Waals surface area (Å²) in [5, 5.41) is 9.05. The van der Waals surface area contributed by atoms with Gasteiger partial charge in [0.15, 0.2) is 0 Å². The van der Waals surface area contributed by atoms with Gasteiger partial charge < -0.3 is 10.0 Å². The number of amides is 1. The third-order valence-corrected chi connectivity index (χ3v) is 3.29. The molecule has 0 aliphatic carbocycles. The Labute approximate surface area is 108 Å². The Morgan fingerprint density at radius 2 is 1.71 bits per heavy atom. The summed E-state index contributed by atoms with van der Waals surface area (Å²) in [6, 6.07) is 6.80. The first-order chi connectivity index (χ1) is 7.76. The molecule has 0 spiro atoms. The SMILES string of the molecule is CN(C(=O)c1ccc(Br)cc1)C(C)(C)C(=O)O. The van der Waals surface area contributed by atoms with Crippen LogP contribution in [-0.4, -0.2) is 34.5 Å². The highest BCUT2D eigenvalue weighted by Crippen LogP contribution is 2.17. The lowest BCUT2D eigenvalue weighted by Crippen LogP contribution is -2.50. The van der Waals surface area contributed by atoms with Gasteiger partial charge in [0.25, 0.3) is 5.91 Å². The van der Waals surface area contributed by atoms with E-state index in [1.54, 1.807) is 24.3 Å². The smallest absolute Gasteiger partial charge is 0.329 e. The maximum Gasteiger partial charge on any atom is 0.329 e. The first-order valence-electron chi connectivity index (χ1n) is 5.04. The number of aliphatic carboxylic acids is 1. The van der Waals surface area contributed by atoms with E-state index in [9.17, 15) is 9.59 Å². The van der Waals surface area contributed by atoms with Crippen LogP contribution in [0.5, 0.6) is 0 Å². The van der Waals surface area contributed by atoms with Crippen molar-refractivity contribution in [3.63, 3.8) is 0 Å². The number of rotatable bonds is 3. The van der Waals surface area contributed by atoms with E-state index in [0.717, 1.165) is 4.47 Å². The van der Waals surface area contributed by atoms with E-state index in [0.29, 0.717) is 5.56 Å². The van der Waals surface area contributed by atoms with E-state index in [-0.39, 0.29) is 5.91 Å². The van der Waals surface area contributed by atoms with Crippen molar-refractivity contribution in [3.05, 3.63) is 34.3 Å². The molecule has 0 aromatic heterocycles. The molecule has 0 unspecified atom stereocenters. The Balaban J connectivity index is 2.98. The number of benzene rings is 1. The van der Waals surface area contributed by atoms with Crippen molar-refractivity contribution in [1.29, 1.82) is 0 Å². The monoisotopic (exact) mass is 299 g/mol. The quantitative estimate of drug-likeness (QED) is 0.932. The molecule has 0 saturated carbocycles. The van der Waals surface area contributed by atoms with E-state index >= 15 is 0 Å². The molecule has 0 aliphatic rings. The van der Waals surface area contributed by atoms with Crippen LogP contribution in [0.15, 0.2) is 28.7 Å². The third kappa shape index (κ3) is 2.85. The van der Waals surface area contributed by atoms with Gasteiger partial charge in [-0.05, 0) is 38.1 Å². The molecule has 5 heteroatoms. The molecule has 92 valence electrons. The number of nitrogens with zero attached hydrogens (tertiary/aromatic N) is 1. The molecule has 4 nitrogen and oxygen atoms in total. The van der Waals surface area contributed by atoms with Crippen molar-refractivity contribution in [3.8, 4) is 0 Å². The zero-order chi connectivity index (χ0) is 13.2. The molecule has 1 aromatic rings. The Kier molecular flexibility index (Phi) is 3.93. The summed E-state index contributed by atoms with van der Waals surface area (Å²) in [7, 11) is 1.48. The highest BCUT2D eigenvalue weighted by Gasteiger charge is 2.35. The van der Waals surface area contributed by atoms with Crippen LogP contribution < -0.4 is 0 Å². The van der Waals surface area contributed by atoms with Crippen molar-refractivity contribution < 1.29 is 14.7 Å². The highest BCUT2D eigenvalue weighted by molar-refractivity contribution is 9.10. The van der Waals surface area contributed by atoms with Crippen LogP contribution in [0, 0.1) is 0 Å². The number of hydrogen-bond donors (Lipinski definition) is 1. The highest BCUT2D eigenvalue weighted by atomic mass is 79.9. The minimum Gasteiger partial charge on any atom is -0.480 e. The van der Waals surface area contributed by atoms with Gasteiger partial charge in [-0.1, -0.05) is 15.9 Å². The molecule has 17 heavy (non-hydrogen) atoms. The second-order valence-corrected chi connectivity index (χ2v) is 5.15. The summed E-state index contributed by atoms with van der Waals surface area (Å²) >= 11 is 3.28. The lowest BCUT2D eigenvalue weighted by atomic mass is 10.0. The van der Waals surface area contributed by atoms with Crippen LogP contribution in [0.2, 0.25) is 0 Å². The topological polar surface area (TPSA) is 57.6 Å². The molecule has 0 bridgehead atoms. The Hall–Kier alpha value is -1.36. The van der Waals surface area contributed by atoms with Crippen molar-refractivity contribution in [2.45, 2.75) is 19.4 Å². The minimum absolute atomic E-state index is 0.315. The van der Waals surface area contributed by atoms with Gasteiger partial charge in [-0.3, -0.25) is 4.79 Å². The first-order valence-corrected chi connectivity index (χ1v) is 5.83. The average Bonchev–Trinajstić information content (AvgIpc) is 2.27. The maximum absolute atomic E-state index is 12.1. The van der Waals surface area contributed by atoms with Crippen molar-refractivity contribution >= 4 is 27.8 Å². The van der Waals surface area contributed by atoms with Crippen LogP contribution in [0.25, 0.3) is 0 Å². The molecule has 0 fully saturated rings. The lowest BCUT2D eigenvalue weighted by Gasteiger charge is -2.31. The fourth-order valence-electron chi connectivity index (χ4n) is 1.18. The fourth-order valence-corrected chi connectivity index (χ4v) is 1.45. The molecule has 1 rings (SSSR count). The maximum atomic E-state index is 12.1. The Bertz CT molecular complexity index is 440. The van der Waals surface area contributed by atoms with Crippen molar-refractivity contribution in [2.24, 2.45) is 0 Å². The van der Waals surface area contributed by atoms with E-state index in [4.69, 9.17) is 5.11 Å². The number of carboxylic acids is 1. The van der Waals surface area contributed by atoms with Gasteiger partial charge in [-0.25, -0.2) is 4.79 Å². The predicted molar refractivity (Wildman–Crippen MR) is 68.0 cm³/mol. The van der Waals surface area contributed by atoms with Crippen LogP contribution in [0.1, 0.15) is 24.2 Å². The summed E-state index contributed by atoms with van der Waals surface area (Å²) in [4.78, 5) is 24.3. The van der Waals surface area contributed by atoms with Crippen molar-refractivity contribution in [2.75, 3.05) is 7.05 Å². The van der Waals surface area contributed by atoms with Crippen LogP contribution in [0.3, 0.4) is 0 Å². The van der Waals surface area contributed by atoms with Gasteiger partial charge in [-0.2, -0.15) is 0 Å². The Morgan fingerprint density at radius 1 is 1.24 bits per heavy atom. The molecular formula is C12H14BrNO3. The molecule has 0 aliphatic heterocycles. The van der Waals surface area contributed by atoms with Crippen molar-refractivity contribution in [1.82, 2.24) is 4.90 Å². The van der Waals surface area contributed by atoms with Crippen LogP contribution in [0.4, 0.5) is 0 Å². The number of carbonyl (C=O) groups excluding carboxylic acids is 1. The molecule has 0 atom stereocenters. The molecule has 1 amide bonds. The van der Waals surface area contributed by atoms with Crippen LogP contribution in [-0.2, 0) is 4.79 Å². The number of carbonyl (C=O) groups is 2. The molecule has 1 N–H and O–H groups in total. The van der Waals surface area contributed by atoms with Crippen LogP contribution >= 0.6 is 15.9 Å². The zero-order valence-corrected chi connectivity index (χ0v) is 11.5. The third-order valence-electron chi connectivity index (χ3n) is 2.76. The second-order valence-electron chi connectivity index (χ2n) is 4.24. The largest absolute Gasteiger partial charge is 0.480 e. The number of likely N-dealkylation sites (N-methyl/N-ethyl adjacent to an activating group) is 1. The van der Waals surface area contributed by atoms with E-state index in [1.807, 2.05) is 0 Å². The van der Waals surface area contributed by atoms with Gasteiger partial charge in [-0.15, -0.1) is 0 Å². The standard InChI is InChI=1S/C12H14BrNO3/c1-12(2,11(16)17)14(3)10(15)8-4-6-9(13)7-5-8/h4-7H,1-3H3,(H,16,17). The summed E-state index contributed by atoms with van der Waals surface area (Å²) in [6.45, 7) is 2.98. The average molecular weight is 300 g/mol. The van der Waals surface area contributed by atoms with Gasteiger partial charge in [0.2, 0.25) is 0 Å². The lowest BCUT2D eigenvalue weighted by molar-refractivity contribution is -0.147. The normalized spacial score (nSPS) is 11.1. The van der Waals surface area contributed by atoms with Gasteiger partial charge in [0, 0.05) is 17.1 Å². The predicted octanol–water partition coefficient (Wildman–Crippen LogP) is 2.38. The number of carboxylic acid groups (broad SMARTS) is 1. The minimum atomic E-state index is -1.23. The fraction of sp³-hybridized carbons (Fsp3) is 0.333. The molecule has 0 saturated heterocycles. The second kappa shape index (κ2) is 4.87. The molecule has 1 aromatic carbocycles. The summed E-state index contributed by atoms with van der Waals surface area (Å²) in [6.07, 6.45) is 0. The first kappa shape index (κ1) is 13.7.